The van der Waals surface area contributed by atoms with Crippen LogP contribution in [0.15, 0.2) is 18.2 Å². The molecule has 1 atom stereocenters. The number of benzene rings is 1. The van der Waals surface area contributed by atoms with Gasteiger partial charge in [-0.25, -0.2) is 0 Å². The van der Waals surface area contributed by atoms with Crippen LogP contribution in [0, 0.1) is 19.8 Å². The highest BCUT2D eigenvalue weighted by Crippen LogP contribution is 2.25. The number of carbonyl (C=O) groups is 1. The highest BCUT2D eigenvalue weighted by molar-refractivity contribution is 5.82. The van der Waals surface area contributed by atoms with Crippen LogP contribution in [0.2, 0.25) is 0 Å². The van der Waals surface area contributed by atoms with Crippen molar-refractivity contribution in [3.8, 4) is 0 Å². The number of piperazine rings is 1. The second-order valence-corrected chi connectivity index (χ2v) is 7.01. The monoisotopic (exact) mass is 331 g/mol. The largest absolute Gasteiger partial charge is 0.381 e. The average molecular weight is 331 g/mol. The van der Waals surface area contributed by atoms with E-state index in [0.717, 1.165) is 52.2 Å². The molecule has 2 heterocycles. The molecule has 1 amide bonds. The van der Waals surface area contributed by atoms with Gasteiger partial charge in [0.1, 0.15) is 0 Å². The van der Waals surface area contributed by atoms with Gasteiger partial charge in [-0.15, -0.1) is 0 Å². The number of nitrogens with zero attached hydrogens (tertiary/aromatic N) is 2. The van der Waals surface area contributed by atoms with E-state index in [0.29, 0.717) is 0 Å². The minimum Gasteiger partial charge on any atom is -0.381 e. The average Bonchev–Trinajstić information content (AvgIpc) is 2.64. The molecular formula is C19H29N3O2. The first-order valence-corrected chi connectivity index (χ1v) is 9.01. The van der Waals surface area contributed by atoms with Crippen LogP contribution >= 0.6 is 0 Å². The van der Waals surface area contributed by atoms with E-state index in [1.54, 1.807) is 0 Å². The lowest BCUT2D eigenvalue weighted by Crippen LogP contribution is -2.55. The van der Waals surface area contributed by atoms with Gasteiger partial charge in [0.2, 0.25) is 5.91 Å². The third kappa shape index (κ3) is 3.57. The summed E-state index contributed by atoms with van der Waals surface area (Å²) >= 11 is 0. The molecule has 0 saturated carbocycles. The van der Waals surface area contributed by atoms with E-state index in [9.17, 15) is 4.79 Å². The number of nitrogens with two attached hydrogens (primary N) is 1. The molecule has 1 unspecified atom stereocenters. The first-order valence-electron chi connectivity index (χ1n) is 9.01. The van der Waals surface area contributed by atoms with E-state index in [1.807, 2.05) is 4.90 Å². The topological polar surface area (TPSA) is 58.8 Å². The molecule has 0 radical (unpaired) electrons. The SMILES string of the molecule is Cc1cccc(N2CCN(C(=O)C(N)C3CCOCC3)CC2)c1C. The van der Waals surface area contributed by atoms with Crippen molar-refractivity contribution in [2.24, 2.45) is 11.7 Å². The Morgan fingerprint density at radius 2 is 1.83 bits per heavy atom. The smallest absolute Gasteiger partial charge is 0.239 e. The van der Waals surface area contributed by atoms with Crippen molar-refractivity contribution in [3.63, 3.8) is 0 Å². The number of ether oxygens (including phenoxy) is 1. The number of carbonyl (C=O) groups excluding carboxylic acids is 1. The van der Waals surface area contributed by atoms with Gasteiger partial charge in [-0.1, -0.05) is 12.1 Å². The van der Waals surface area contributed by atoms with Crippen LogP contribution in [0.5, 0.6) is 0 Å². The number of anilines is 1. The van der Waals surface area contributed by atoms with Crippen LogP contribution in [-0.4, -0.2) is 56.2 Å². The fourth-order valence-corrected chi connectivity index (χ4v) is 3.73. The van der Waals surface area contributed by atoms with Crippen LogP contribution in [0.25, 0.3) is 0 Å². The number of hydrogen-bond donors (Lipinski definition) is 1. The first kappa shape index (κ1) is 17.2. The van der Waals surface area contributed by atoms with Gasteiger partial charge in [-0.05, 0) is 49.8 Å². The fourth-order valence-electron chi connectivity index (χ4n) is 3.73. The second-order valence-electron chi connectivity index (χ2n) is 7.01. The fraction of sp³-hybridized carbons (Fsp3) is 0.632. The molecule has 2 fully saturated rings. The van der Waals surface area contributed by atoms with E-state index in [-0.39, 0.29) is 17.9 Å². The standard InChI is InChI=1S/C19H29N3O2/c1-14-4-3-5-17(15(14)2)21-8-10-22(11-9-21)19(23)18(20)16-6-12-24-13-7-16/h3-5,16,18H,6-13,20H2,1-2H3. The van der Waals surface area contributed by atoms with Gasteiger partial charge < -0.3 is 20.3 Å². The zero-order chi connectivity index (χ0) is 17.1. The molecule has 24 heavy (non-hydrogen) atoms. The Hall–Kier alpha value is -1.59. The summed E-state index contributed by atoms with van der Waals surface area (Å²) in [5.41, 5.74) is 10.2. The molecule has 132 valence electrons. The van der Waals surface area contributed by atoms with Crippen molar-refractivity contribution >= 4 is 11.6 Å². The zero-order valence-corrected chi connectivity index (χ0v) is 14.8. The maximum atomic E-state index is 12.7. The summed E-state index contributed by atoms with van der Waals surface area (Å²) in [6.45, 7) is 9.02. The molecule has 0 bridgehead atoms. The highest BCUT2D eigenvalue weighted by Gasteiger charge is 2.31. The Bertz CT molecular complexity index is 576. The number of amides is 1. The van der Waals surface area contributed by atoms with Crippen molar-refractivity contribution in [2.75, 3.05) is 44.3 Å². The van der Waals surface area contributed by atoms with E-state index in [4.69, 9.17) is 10.5 Å². The minimum absolute atomic E-state index is 0.113. The number of hydrogen-bond acceptors (Lipinski definition) is 4. The van der Waals surface area contributed by atoms with Crippen molar-refractivity contribution in [1.82, 2.24) is 4.90 Å². The Kier molecular flexibility index (Phi) is 5.41. The molecule has 2 aliphatic heterocycles. The summed E-state index contributed by atoms with van der Waals surface area (Å²) in [6, 6.07) is 6.05. The third-order valence-corrected chi connectivity index (χ3v) is 5.57. The number of aryl methyl sites for hydroxylation is 1. The van der Waals surface area contributed by atoms with E-state index in [2.05, 4.69) is 36.9 Å². The van der Waals surface area contributed by atoms with Crippen molar-refractivity contribution in [2.45, 2.75) is 32.7 Å². The summed E-state index contributed by atoms with van der Waals surface area (Å²) in [5.74, 6) is 0.380. The van der Waals surface area contributed by atoms with Gasteiger partial charge >= 0.3 is 0 Å². The predicted octanol–water partition coefficient (Wildman–Crippen LogP) is 1.71. The van der Waals surface area contributed by atoms with E-state index < -0.39 is 0 Å². The Morgan fingerprint density at radius 3 is 2.50 bits per heavy atom. The highest BCUT2D eigenvalue weighted by atomic mass is 16.5. The first-order chi connectivity index (χ1) is 11.6. The van der Waals surface area contributed by atoms with Crippen molar-refractivity contribution in [3.05, 3.63) is 29.3 Å². The molecule has 0 aromatic heterocycles. The Labute approximate surface area is 144 Å². The molecule has 0 spiro atoms. The molecule has 1 aromatic rings. The molecule has 5 nitrogen and oxygen atoms in total. The van der Waals surface area contributed by atoms with Crippen LogP contribution in [0.4, 0.5) is 5.69 Å². The van der Waals surface area contributed by atoms with E-state index >= 15 is 0 Å². The van der Waals surface area contributed by atoms with Gasteiger partial charge in [0, 0.05) is 45.1 Å². The van der Waals surface area contributed by atoms with Crippen molar-refractivity contribution < 1.29 is 9.53 Å². The molecule has 5 heteroatoms. The molecule has 2 saturated heterocycles. The summed E-state index contributed by atoms with van der Waals surface area (Å²) in [7, 11) is 0. The normalized spacial score (nSPS) is 21.0. The van der Waals surface area contributed by atoms with Crippen LogP contribution in [-0.2, 0) is 9.53 Å². The predicted molar refractivity (Wildman–Crippen MR) is 96.2 cm³/mol. The van der Waals surface area contributed by atoms with Gasteiger partial charge in [-0.3, -0.25) is 4.79 Å². The lowest BCUT2D eigenvalue weighted by Gasteiger charge is -2.39. The van der Waals surface area contributed by atoms with Gasteiger partial charge in [0.15, 0.2) is 0 Å². The molecule has 2 aliphatic rings. The van der Waals surface area contributed by atoms with Crippen molar-refractivity contribution in [1.29, 1.82) is 0 Å². The summed E-state index contributed by atoms with van der Waals surface area (Å²) < 4.78 is 5.37. The molecule has 3 rings (SSSR count). The molecule has 2 N–H and O–H groups in total. The van der Waals surface area contributed by atoms with Crippen LogP contribution < -0.4 is 10.6 Å². The maximum Gasteiger partial charge on any atom is 0.239 e. The van der Waals surface area contributed by atoms with Crippen LogP contribution in [0.1, 0.15) is 24.0 Å². The third-order valence-electron chi connectivity index (χ3n) is 5.57. The van der Waals surface area contributed by atoms with Crippen LogP contribution in [0.3, 0.4) is 0 Å². The summed E-state index contributed by atoms with van der Waals surface area (Å²) in [5, 5.41) is 0. The summed E-state index contributed by atoms with van der Waals surface area (Å²) in [6.07, 6.45) is 1.80. The van der Waals surface area contributed by atoms with E-state index in [1.165, 1.54) is 16.8 Å². The van der Waals surface area contributed by atoms with Gasteiger partial charge in [0.25, 0.3) is 0 Å². The lowest BCUT2D eigenvalue weighted by molar-refractivity contribution is -0.135. The molecular weight excluding hydrogens is 302 g/mol. The maximum absolute atomic E-state index is 12.7. The number of rotatable bonds is 3. The summed E-state index contributed by atoms with van der Waals surface area (Å²) in [4.78, 5) is 17.0. The second kappa shape index (κ2) is 7.53. The zero-order valence-electron chi connectivity index (χ0n) is 14.8. The Balaban J connectivity index is 1.58. The Morgan fingerprint density at radius 1 is 1.17 bits per heavy atom. The molecule has 1 aromatic carbocycles. The van der Waals surface area contributed by atoms with Gasteiger partial charge in [0.05, 0.1) is 6.04 Å². The molecule has 0 aliphatic carbocycles. The minimum atomic E-state index is -0.374. The quantitative estimate of drug-likeness (QED) is 0.916. The lowest BCUT2D eigenvalue weighted by atomic mass is 9.91. The van der Waals surface area contributed by atoms with Gasteiger partial charge in [-0.2, -0.15) is 0 Å².